The molecule has 3 saturated heterocycles. The minimum atomic E-state index is -4.38. The summed E-state index contributed by atoms with van der Waals surface area (Å²) in [5.41, 5.74) is 0. The van der Waals surface area contributed by atoms with Crippen molar-refractivity contribution in [1.82, 2.24) is 0 Å². The standard InChI is InChI=1S/C12H21O13P/c13-1-3-5(14)6(15)8(17)11(22-3)24-12-9(18)7(16)10-4(23-12)2-21-26(19,20)25-10/h3-18H,1-2H2,(H,19,20). The lowest BCUT2D eigenvalue weighted by Gasteiger charge is -2.46. The summed E-state index contributed by atoms with van der Waals surface area (Å²) in [4.78, 5) is 9.29. The van der Waals surface area contributed by atoms with Crippen molar-refractivity contribution >= 4 is 7.82 Å². The number of aliphatic hydroxyl groups excluding tert-OH is 6. The Hall–Kier alpha value is -0.250. The molecular formula is C12H21O13P. The molecule has 0 bridgehead atoms. The Balaban J connectivity index is 1.69. The Morgan fingerprint density at radius 2 is 1.54 bits per heavy atom. The number of phosphoric ester groups is 1. The zero-order chi connectivity index (χ0) is 19.2. The smallest absolute Gasteiger partial charge is 0.394 e. The van der Waals surface area contributed by atoms with Crippen molar-refractivity contribution in [2.75, 3.05) is 13.2 Å². The van der Waals surface area contributed by atoms with Gasteiger partial charge in [0, 0.05) is 0 Å². The Labute approximate surface area is 146 Å². The number of aliphatic hydroxyl groups is 6. The monoisotopic (exact) mass is 404 g/mol. The highest BCUT2D eigenvalue weighted by atomic mass is 31.2. The van der Waals surface area contributed by atoms with Gasteiger partial charge in [-0.05, 0) is 0 Å². The molecule has 3 heterocycles. The lowest BCUT2D eigenvalue weighted by Crippen LogP contribution is -2.64. The SMILES string of the molecule is O=P1(O)OCC2OC(OC3OC(CO)C(O)C(O)C3O)C(O)C(O)C2O1. The second-order valence-electron chi connectivity index (χ2n) is 6.19. The lowest BCUT2D eigenvalue weighted by atomic mass is 9.98. The third-order valence-electron chi connectivity index (χ3n) is 4.41. The number of fused-ring (bicyclic) bond motifs is 1. The Kier molecular flexibility index (Phi) is 6.02. The van der Waals surface area contributed by atoms with E-state index in [1.807, 2.05) is 0 Å². The zero-order valence-corrected chi connectivity index (χ0v) is 14.1. The summed E-state index contributed by atoms with van der Waals surface area (Å²) in [6, 6.07) is 0. The molecule has 0 aromatic heterocycles. The van der Waals surface area contributed by atoms with Crippen LogP contribution in [0.5, 0.6) is 0 Å². The molecule has 0 spiro atoms. The Morgan fingerprint density at radius 1 is 0.923 bits per heavy atom. The summed E-state index contributed by atoms with van der Waals surface area (Å²) in [5, 5.41) is 58.8. The maximum absolute atomic E-state index is 11.4. The number of hydrogen-bond donors (Lipinski definition) is 7. The zero-order valence-electron chi connectivity index (χ0n) is 13.2. The summed E-state index contributed by atoms with van der Waals surface area (Å²) in [7, 11) is -4.38. The van der Waals surface area contributed by atoms with Gasteiger partial charge in [-0.1, -0.05) is 0 Å². The van der Waals surface area contributed by atoms with Crippen LogP contribution in [0.4, 0.5) is 0 Å². The Morgan fingerprint density at radius 3 is 2.19 bits per heavy atom. The van der Waals surface area contributed by atoms with Crippen molar-refractivity contribution in [3.05, 3.63) is 0 Å². The van der Waals surface area contributed by atoms with Crippen LogP contribution in [0.1, 0.15) is 0 Å². The van der Waals surface area contributed by atoms with Crippen molar-refractivity contribution < 1.29 is 63.4 Å². The van der Waals surface area contributed by atoms with Crippen LogP contribution in [-0.2, 0) is 27.8 Å². The first-order valence-corrected chi connectivity index (χ1v) is 9.27. The number of phosphoric acid groups is 1. The van der Waals surface area contributed by atoms with Gasteiger partial charge in [0.2, 0.25) is 0 Å². The van der Waals surface area contributed by atoms with Crippen molar-refractivity contribution in [2.45, 2.75) is 61.4 Å². The van der Waals surface area contributed by atoms with Gasteiger partial charge in [0.1, 0.15) is 48.8 Å². The Bertz CT molecular complexity index is 543. The van der Waals surface area contributed by atoms with E-state index in [0.717, 1.165) is 0 Å². The first-order chi connectivity index (χ1) is 12.1. The van der Waals surface area contributed by atoms with Crippen molar-refractivity contribution in [3.8, 4) is 0 Å². The van der Waals surface area contributed by atoms with Crippen molar-refractivity contribution in [3.63, 3.8) is 0 Å². The minimum absolute atomic E-state index is 0.434. The molecule has 0 aromatic carbocycles. The van der Waals surface area contributed by atoms with E-state index in [-0.39, 0.29) is 0 Å². The molecule has 11 unspecified atom stereocenters. The minimum Gasteiger partial charge on any atom is -0.394 e. The topological polar surface area (TPSA) is 205 Å². The van der Waals surface area contributed by atoms with Gasteiger partial charge in [-0.3, -0.25) is 9.05 Å². The molecule has 0 aromatic rings. The second kappa shape index (κ2) is 7.64. The third kappa shape index (κ3) is 3.82. The molecule has 0 radical (unpaired) electrons. The van der Waals surface area contributed by atoms with Gasteiger partial charge in [-0.15, -0.1) is 0 Å². The first kappa shape index (κ1) is 20.5. The first-order valence-electron chi connectivity index (χ1n) is 7.78. The van der Waals surface area contributed by atoms with Crippen LogP contribution >= 0.6 is 7.82 Å². The van der Waals surface area contributed by atoms with E-state index < -0.39 is 82.4 Å². The fraction of sp³-hybridized carbons (Fsp3) is 1.00. The highest BCUT2D eigenvalue weighted by Crippen LogP contribution is 2.50. The van der Waals surface area contributed by atoms with Crippen LogP contribution in [0.15, 0.2) is 0 Å². The number of hydrogen-bond acceptors (Lipinski definition) is 12. The molecule has 0 saturated carbocycles. The highest BCUT2D eigenvalue weighted by molar-refractivity contribution is 7.47. The summed E-state index contributed by atoms with van der Waals surface area (Å²) in [6.45, 7) is -1.11. The molecule has 13 nitrogen and oxygen atoms in total. The summed E-state index contributed by atoms with van der Waals surface area (Å²) >= 11 is 0. The van der Waals surface area contributed by atoms with E-state index >= 15 is 0 Å². The van der Waals surface area contributed by atoms with Gasteiger partial charge in [0.25, 0.3) is 0 Å². The van der Waals surface area contributed by atoms with Gasteiger partial charge in [-0.2, -0.15) is 0 Å². The quantitative estimate of drug-likeness (QED) is 0.223. The molecule has 0 aliphatic carbocycles. The van der Waals surface area contributed by atoms with Gasteiger partial charge in [0.05, 0.1) is 13.2 Å². The normalized spacial score (nSPS) is 55.3. The number of ether oxygens (including phenoxy) is 3. The maximum atomic E-state index is 11.4. The average molecular weight is 404 g/mol. The largest absolute Gasteiger partial charge is 0.472 e. The highest BCUT2D eigenvalue weighted by Gasteiger charge is 2.54. The maximum Gasteiger partial charge on any atom is 0.472 e. The van der Waals surface area contributed by atoms with Gasteiger partial charge < -0.3 is 49.7 Å². The summed E-state index contributed by atoms with van der Waals surface area (Å²) in [5.74, 6) is 0. The molecule has 3 rings (SSSR count). The van der Waals surface area contributed by atoms with Crippen LogP contribution in [0, 0.1) is 0 Å². The van der Waals surface area contributed by atoms with E-state index in [2.05, 4.69) is 4.52 Å². The fourth-order valence-corrected chi connectivity index (χ4v) is 3.91. The van der Waals surface area contributed by atoms with E-state index in [0.29, 0.717) is 0 Å². The third-order valence-corrected chi connectivity index (χ3v) is 5.40. The second-order valence-corrected chi connectivity index (χ2v) is 7.60. The lowest BCUT2D eigenvalue weighted by molar-refractivity contribution is -0.377. The summed E-state index contributed by atoms with van der Waals surface area (Å²) < 4.78 is 36.4. The van der Waals surface area contributed by atoms with Crippen LogP contribution in [0.2, 0.25) is 0 Å². The molecule has 0 amide bonds. The molecule has 3 fully saturated rings. The molecule has 14 heteroatoms. The molecular weight excluding hydrogens is 383 g/mol. The van der Waals surface area contributed by atoms with Gasteiger partial charge >= 0.3 is 7.82 Å². The average Bonchev–Trinajstić information content (AvgIpc) is 2.60. The summed E-state index contributed by atoms with van der Waals surface area (Å²) in [6.07, 6.45) is -15.4. The van der Waals surface area contributed by atoms with Crippen molar-refractivity contribution in [1.29, 1.82) is 0 Å². The van der Waals surface area contributed by atoms with Crippen LogP contribution in [-0.4, -0.2) is 110 Å². The van der Waals surface area contributed by atoms with Gasteiger partial charge in [-0.25, -0.2) is 4.57 Å². The molecule has 26 heavy (non-hydrogen) atoms. The van der Waals surface area contributed by atoms with E-state index in [9.17, 15) is 35.0 Å². The molecule has 3 aliphatic rings. The molecule has 3 aliphatic heterocycles. The predicted molar refractivity (Wildman–Crippen MR) is 76.2 cm³/mol. The molecule has 152 valence electrons. The molecule has 11 atom stereocenters. The van der Waals surface area contributed by atoms with E-state index in [4.69, 9.17) is 23.8 Å². The van der Waals surface area contributed by atoms with Crippen LogP contribution in [0.3, 0.4) is 0 Å². The van der Waals surface area contributed by atoms with Crippen molar-refractivity contribution in [2.24, 2.45) is 0 Å². The van der Waals surface area contributed by atoms with Crippen LogP contribution < -0.4 is 0 Å². The molecule has 7 N–H and O–H groups in total. The predicted octanol–water partition coefficient (Wildman–Crippen LogP) is -4.23. The van der Waals surface area contributed by atoms with E-state index in [1.165, 1.54) is 0 Å². The van der Waals surface area contributed by atoms with E-state index in [1.54, 1.807) is 0 Å². The fourth-order valence-electron chi connectivity index (χ4n) is 2.95. The van der Waals surface area contributed by atoms with Crippen LogP contribution in [0.25, 0.3) is 0 Å². The number of rotatable bonds is 3. The van der Waals surface area contributed by atoms with Gasteiger partial charge in [0.15, 0.2) is 12.6 Å².